The van der Waals surface area contributed by atoms with Crippen molar-refractivity contribution in [3.63, 3.8) is 0 Å². The van der Waals surface area contributed by atoms with Crippen molar-refractivity contribution in [2.75, 3.05) is 39.6 Å². The summed E-state index contributed by atoms with van der Waals surface area (Å²) in [6, 6.07) is 0. The molecule has 17 nitrogen and oxygen atoms in total. The number of esters is 4. The fraction of sp³-hybridized carbons (Fsp3) is 0.956. The SMILES string of the molecule is CCCCCCCCCCCCCCCCCCCCCCCC(=O)OC[C@H](COP(=O)(O)OC[C@@H](O)COP(=O)(O)OC[C@@H](COC(=O)CCCCCCCCCC(C)C)OC(=O)CCCCCCCCCCCCCCCCC(C)CC)OC(=O)CCCCCCCCCCCCCCCCCCCCC(C)C. The Kier molecular flexibility index (Phi) is 79.4. The molecule has 6 atom stereocenters. The maximum absolute atomic E-state index is 13.2. The van der Waals surface area contributed by atoms with Crippen LogP contribution >= 0.6 is 15.6 Å². The smallest absolute Gasteiger partial charge is 0.462 e. The zero-order chi connectivity index (χ0) is 80.8. The van der Waals surface area contributed by atoms with Gasteiger partial charge in [0.05, 0.1) is 26.4 Å². The summed E-state index contributed by atoms with van der Waals surface area (Å²) < 4.78 is 69.0. The van der Waals surface area contributed by atoms with Gasteiger partial charge in [-0.15, -0.1) is 0 Å². The highest BCUT2D eigenvalue weighted by Crippen LogP contribution is 2.45. The Labute approximate surface area is 677 Å². The van der Waals surface area contributed by atoms with Crippen LogP contribution in [0.25, 0.3) is 0 Å². The van der Waals surface area contributed by atoms with Gasteiger partial charge < -0.3 is 33.8 Å². The minimum atomic E-state index is -4.97. The van der Waals surface area contributed by atoms with Crippen LogP contribution in [0.15, 0.2) is 0 Å². The number of hydrogen-bond acceptors (Lipinski definition) is 15. The Morgan fingerprint density at radius 1 is 0.264 bits per heavy atom. The summed E-state index contributed by atoms with van der Waals surface area (Å²) in [5.74, 6) is 0.270. The molecule has 0 bridgehead atoms. The highest BCUT2D eigenvalue weighted by atomic mass is 31.2. The van der Waals surface area contributed by atoms with Crippen LogP contribution in [0.3, 0.4) is 0 Å². The molecule has 0 spiro atoms. The summed E-state index contributed by atoms with van der Waals surface area (Å²) in [6.45, 7) is 12.0. The number of phosphoric acid groups is 2. The van der Waals surface area contributed by atoms with Crippen LogP contribution in [0.5, 0.6) is 0 Å². The molecule has 110 heavy (non-hydrogen) atoms. The van der Waals surface area contributed by atoms with E-state index in [0.717, 1.165) is 108 Å². The lowest BCUT2D eigenvalue weighted by Crippen LogP contribution is -2.30. The number of ether oxygens (including phenoxy) is 4. The first-order valence-electron chi connectivity index (χ1n) is 46.9. The lowest BCUT2D eigenvalue weighted by Gasteiger charge is -2.21. The number of carbonyl (C=O) groups is 4. The normalized spacial score (nSPS) is 14.0. The number of unbranched alkanes of at least 4 members (excludes halogenated alkanes) is 56. The van der Waals surface area contributed by atoms with Crippen molar-refractivity contribution in [1.29, 1.82) is 0 Å². The van der Waals surface area contributed by atoms with E-state index in [4.69, 9.17) is 37.0 Å². The first-order chi connectivity index (χ1) is 53.3. The van der Waals surface area contributed by atoms with Gasteiger partial charge in [-0.2, -0.15) is 0 Å². The van der Waals surface area contributed by atoms with E-state index in [-0.39, 0.29) is 25.7 Å². The maximum Gasteiger partial charge on any atom is 0.472 e. The van der Waals surface area contributed by atoms with Gasteiger partial charge in [-0.3, -0.25) is 37.3 Å². The van der Waals surface area contributed by atoms with Crippen LogP contribution < -0.4 is 0 Å². The van der Waals surface area contributed by atoms with Crippen LogP contribution in [0, 0.1) is 17.8 Å². The third kappa shape index (κ3) is 82.6. The summed E-state index contributed by atoms with van der Waals surface area (Å²) in [5.41, 5.74) is 0. The molecule has 0 aliphatic carbocycles. The molecule has 0 aromatic carbocycles. The molecule has 0 saturated heterocycles. The Morgan fingerprint density at radius 2 is 0.464 bits per heavy atom. The molecule has 0 aliphatic heterocycles. The minimum absolute atomic E-state index is 0.107. The van der Waals surface area contributed by atoms with Gasteiger partial charge in [0.25, 0.3) is 0 Å². The zero-order valence-corrected chi connectivity index (χ0v) is 74.5. The van der Waals surface area contributed by atoms with Gasteiger partial charge in [0, 0.05) is 25.7 Å². The molecule has 0 fully saturated rings. The van der Waals surface area contributed by atoms with Gasteiger partial charge in [-0.05, 0) is 43.4 Å². The predicted octanol–water partition coefficient (Wildman–Crippen LogP) is 28.0. The molecule has 0 amide bonds. The monoisotopic (exact) mass is 1610 g/mol. The lowest BCUT2D eigenvalue weighted by molar-refractivity contribution is -0.161. The first kappa shape index (κ1) is 108. The molecular formula is C91H178O17P2. The second kappa shape index (κ2) is 80.8. The summed E-state index contributed by atoms with van der Waals surface area (Å²) >= 11 is 0. The van der Waals surface area contributed by atoms with Gasteiger partial charge in [0.2, 0.25) is 0 Å². The van der Waals surface area contributed by atoms with Crippen molar-refractivity contribution in [2.45, 2.75) is 503 Å². The molecule has 0 aromatic heterocycles. The third-order valence-corrected chi connectivity index (χ3v) is 23.6. The van der Waals surface area contributed by atoms with E-state index in [0.29, 0.717) is 31.6 Å². The lowest BCUT2D eigenvalue weighted by atomic mass is 9.99. The fourth-order valence-electron chi connectivity index (χ4n) is 14.2. The second-order valence-corrected chi connectivity index (χ2v) is 36.8. The largest absolute Gasteiger partial charge is 0.472 e. The zero-order valence-electron chi connectivity index (χ0n) is 72.7. The van der Waals surface area contributed by atoms with Crippen molar-refractivity contribution in [1.82, 2.24) is 0 Å². The van der Waals surface area contributed by atoms with E-state index in [1.165, 1.54) is 289 Å². The molecular weight excluding hydrogens is 1430 g/mol. The number of hydrogen-bond donors (Lipinski definition) is 3. The number of aliphatic hydroxyl groups is 1. The fourth-order valence-corrected chi connectivity index (χ4v) is 15.8. The van der Waals surface area contributed by atoms with Crippen LogP contribution in [0.1, 0.15) is 485 Å². The minimum Gasteiger partial charge on any atom is -0.462 e. The van der Waals surface area contributed by atoms with Gasteiger partial charge in [-0.1, -0.05) is 434 Å². The maximum atomic E-state index is 13.2. The third-order valence-electron chi connectivity index (χ3n) is 21.7. The molecule has 0 aromatic rings. The Hall–Kier alpha value is -1.94. The van der Waals surface area contributed by atoms with E-state index in [1.54, 1.807) is 0 Å². The summed E-state index contributed by atoms with van der Waals surface area (Å²) in [7, 11) is -9.94. The van der Waals surface area contributed by atoms with E-state index in [1.807, 2.05) is 0 Å². The van der Waals surface area contributed by atoms with Gasteiger partial charge in [-0.25, -0.2) is 9.13 Å². The Balaban J connectivity index is 5.22. The van der Waals surface area contributed by atoms with Crippen molar-refractivity contribution < 1.29 is 80.2 Å². The van der Waals surface area contributed by atoms with Crippen molar-refractivity contribution in [3.05, 3.63) is 0 Å². The summed E-state index contributed by atoms with van der Waals surface area (Å²) in [6.07, 6.45) is 73.8. The molecule has 3 unspecified atom stereocenters. The topological polar surface area (TPSA) is 237 Å². The van der Waals surface area contributed by atoms with Crippen LogP contribution in [0.4, 0.5) is 0 Å². The van der Waals surface area contributed by atoms with Gasteiger partial charge in [0.1, 0.15) is 19.3 Å². The molecule has 0 aliphatic rings. The van der Waals surface area contributed by atoms with Crippen molar-refractivity contribution in [3.8, 4) is 0 Å². The highest BCUT2D eigenvalue weighted by Gasteiger charge is 2.31. The van der Waals surface area contributed by atoms with E-state index in [9.17, 15) is 43.2 Å². The molecule has 3 N–H and O–H groups in total. The van der Waals surface area contributed by atoms with E-state index < -0.39 is 97.5 Å². The van der Waals surface area contributed by atoms with Crippen molar-refractivity contribution in [2.24, 2.45) is 17.8 Å². The average Bonchev–Trinajstić information content (AvgIpc) is 0.898. The molecule has 0 rings (SSSR count). The Bertz CT molecular complexity index is 2120. The quantitative estimate of drug-likeness (QED) is 0.0222. The van der Waals surface area contributed by atoms with Gasteiger partial charge in [0.15, 0.2) is 12.2 Å². The first-order valence-corrected chi connectivity index (χ1v) is 49.9. The van der Waals surface area contributed by atoms with Crippen LogP contribution in [0.2, 0.25) is 0 Å². The molecule has 0 heterocycles. The number of rotatable bonds is 89. The number of phosphoric ester groups is 2. The van der Waals surface area contributed by atoms with E-state index >= 15 is 0 Å². The molecule has 0 radical (unpaired) electrons. The second-order valence-electron chi connectivity index (χ2n) is 33.9. The summed E-state index contributed by atoms with van der Waals surface area (Å²) in [5, 5.41) is 10.7. The van der Waals surface area contributed by atoms with Gasteiger partial charge >= 0.3 is 39.5 Å². The predicted molar refractivity (Wildman–Crippen MR) is 455 cm³/mol. The van der Waals surface area contributed by atoms with Crippen LogP contribution in [-0.2, 0) is 65.4 Å². The standard InChI is InChI=1S/C91H178O17P2/c1-8-10-11-12-13-14-15-16-17-18-19-20-21-25-28-34-39-44-51-58-65-72-88(93)101-78-86(107-90(95)74-67-60-52-45-40-35-29-26-23-22-24-27-32-37-42-48-55-62-69-82(3)4)80-105-109(97,98)103-76-85(92)77-104-110(99,100)106-81-87(79-102-89(94)73-66-59-54-47-49-56-63-70-83(5)6)108-91(96)75-68-61-53-46-41-36-31-30-33-38-43-50-57-64-71-84(7)9-2/h82-87,92H,8-81H2,1-7H3,(H,97,98)(H,99,100)/t84?,85-,86-,87-/m1/s1. The van der Waals surface area contributed by atoms with E-state index in [2.05, 4.69) is 48.5 Å². The number of carbonyl (C=O) groups excluding carboxylic acids is 4. The van der Waals surface area contributed by atoms with Crippen LogP contribution in [-0.4, -0.2) is 96.7 Å². The molecule has 0 saturated carbocycles. The highest BCUT2D eigenvalue weighted by molar-refractivity contribution is 7.47. The number of aliphatic hydroxyl groups excluding tert-OH is 1. The average molecular weight is 1610 g/mol. The molecule has 19 heteroatoms. The Morgan fingerprint density at radius 3 is 0.691 bits per heavy atom. The molecule has 654 valence electrons. The summed E-state index contributed by atoms with van der Waals surface area (Å²) in [4.78, 5) is 73.4. The van der Waals surface area contributed by atoms with Crippen molar-refractivity contribution >= 4 is 39.5 Å².